The van der Waals surface area contributed by atoms with Crippen molar-refractivity contribution in [1.82, 2.24) is 5.32 Å². The number of anilines is 1. The Morgan fingerprint density at radius 1 is 1.11 bits per heavy atom. The van der Waals surface area contributed by atoms with Crippen LogP contribution in [0, 0.1) is 0 Å². The minimum atomic E-state index is -3.64. The number of hydrogen-bond acceptors (Lipinski definition) is 4. The second-order valence-electron chi connectivity index (χ2n) is 6.56. The maximum absolute atomic E-state index is 12.7. The molecule has 2 rings (SSSR count). The van der Waals surface area contributed by atoms with E-state index in [-0.39, 0.29) is 5.91 Å². The van der Waals surface area contributed by atoms with Crippen LogP contribution >= 0.6 is 0 Å². The van der Waals surface area contributed by atoms with Crippen molar-refractivity contribution in [3.63, 3.8) is 0 Å². The first-order valence-electron chi connectivity index (χ1n) is 9.32. The van der Waals surface area contributed by atoms with Crippen LogP contribution in [0.4, 0.5) is 5.69 Å². The van der Waals surface area contributed by atoms with Gasteiger partial charge in [0.2, 0.25) is 15.9 Å². The standard InChI is InChI=1S/C21H28N2O4S/c1-4-20(21(24)22-16-8-11-17-9-6-5-7-10-17)23(28(3,25)26)18-12-14-19(27-2)15-13-18/h5-7,9-10,12-15,20H,4,8,11,16H2,1-3H3,(H,22,24)/t20-/m0/s1. The molecule has 0 spiro atoms. The zero-order valence-electron chi connectivity index (χ0n) is 16.6. The molecule has 0 aliphatic heterocycles. The Balaban J connectivity index is 2.06. The fraction of sp³-hybridized carbons (Fsp3) is 0.381. The first kappa shape index (κ1) is 21.8. The molecular formula is C21H28N2O4S. The topological polar surface area (TPSA) is 75.7 Å². The van der Waals surface area contributed by atoms with E-state index in [0.717, 1.165) is 19.1 Å². The molecule has 0 saturated carbocycles. The normalized spacial score (nSPS) is 12.2. The zero-order chi connectivity index (χ0) is 20.6. The molecule has 1 N–H and O–H groups in total. The van der Waals surface area contributed by atoms with E-state index in [4.69, 9.17) is 4.74 Å². The third kappa shape index (κ3) is 5.99. The largest absolute Gasteiger partial charge is 0.497 e. The molecule has 2 aromatic rings. The van der Waals surface area contributed by atoms with Gasteiger partial charge in [0.05, 0.1) is 19.1 Å². The van der Waals surface area contributed by atoms with Gasteiger partial charge < -0.3 is 10.1 Å². The van der Waals surface area contributed by atoms with Crippen molar-refractivity contribution in [2.24, 2.45) is 0 Å². The van der Waals surface area contributed by atoms with Crippen LogP contribution < -0.4 is 14.4 Å². The number of nitrogens with zero attached hydrogens (tertiary/aromatic N) is 1. The summed E-state index contributed by atoms with van der Waals surface area (Å²) >= 11 is 0. The fourth-order valence-corrected chi connectivity index (χ4v) is 4.27. The van der Waals surface area contributed by atoms with Gasteiger partial charge in [-0.3, -0.25) is 9.10 Å². The molecule has 0 aliphatic rings. The van der Waals surface area contributed by atoms with Crippen molar-refractivity contribution in [3.8, 4) is 5.75 Å². The minimum Gasteiger partial charge on any atom is -0.497 e. The SMILES string of the molecule is CC[C@@H](C(=O)NCCCc1ccccc1)N(c1ccc(OC)cc1)S(C)(=O)=O. The highest BCUT2D eigenvalue weighted by Crippen LogP contribution is 2.25. The van der Waals surface area contributed by atoms with Crippen LogP contribution in [0.15, 0.2) is 54.6 Å². The summed E-state index contributed by atoms with van der Waals surface area (Å²) in [5.41, 5.74) is 1.65. The lowest BCUT2D eigenvalue weighted by Gasteiger charge is -2.30. The third-order valence-electron chi connectivity index (χ3n) is 4.44. The van der Waals surface area contributed by atoms with Gasteiger partial charge in [-0.1, -0.05) is 37.3 Å². The average molecular weight is 405 g/mol. The molecular weight excluding hydrogens is 376 g/mol. The summed E-state index contributed by atoms with van der Waals surface area (Å²) in [6.45, 7) is 2.29. The van der Waals surface area contributed by atoms with Crippen molar-refractivity contribution >= 4 is 21.6 Å². The molecule has 1 amide bonds. The van der Waals surface area contributed by atoms with E-state index in [2.05, 4.69) is 5.32 Å². The molecule has 6 nitrogen and oxygen atoms in total. The van der Waals surface area contributed by atoms with Gasteiger partial charge in [-0.15, -0.1) is 0 Å². The van der Waals surface area contributed by atoms with Gasteiger partial charge in [-0.05, 0) is 49.1 Å². The Bertz CT molecular complexity index is 852. The Morgan fingerprint density at radius 2 is 1.75 bits per heavy atom. The van der Waals surface area contributed by atoms with E-state index in [1.807, 2.05) is 30.3 Å². The van der Waals surface area contributed by atoms with Crippen LogP contribution in [0.5, 0.6) is 5.75 Å². The third-order valence-corrected chi connectivity index (χ3v) is 5.62. The highest BCUT2D eigenvalue weighted by atomic mass is 32.2. The number of aryl methyl sites for hydroxylation is 1. The summed E-state index contributed by atoms with van der Waals surface area (Å²) < 4.78 is 31.1. The summed E-state index contributed by atoms with van der Waals surface area (Å²) in [6, 6.07) is 15.9. The lowest BCUT2D eigenvalue weighted by Crippen LogP contribution is -2.49. The number of nitrogens with one attached hydrogen (secondary N) is 1. The van der Waals surface area contributed by atoms with Crippen molar-refractivity contribution in [1.29, 1.82) is 0 Å². The van der Waals surface area contributed by atoms with Crippen LogP contribution in [-0.4, -0.2) is 40.3 Å². The number of benzene rings is 2. The van der Waals surface area contributed by atoms with Crippen LogP contribution in [0.1, 0.15) is 25.3 Å². The molecule has 0 heterocycles. The maximum Gasteiger partial charge on any atom is 0.243 e. The van der Waals surface area contributed by atoms with E-state index >= 15 is 0 Å². The summed E-state index contributed by atoms with van der Waals surface area (Å²) in [7, 11) is -2.09. The Kier molecular flexibility index (Phi) is 7.87. The van der Waals surface area contributed by atoms with Gasteiger partial charge in [-0.25, -0.2) is 8.42 Å². The highest BCUT2D eigenvalue weighted by Gasteiger charge is 2.31. The molecule has 0 saturated heterocycles. The number of rotatable bonds is 10. The van der Waals surface area contributed by atoms with Crippen LogP contribution in [0.3, 0.4) is 0 Å². The molecule has 28 heavy (non-hydrogen) atoms. The number of carbonyl (C=O) groups excluding carboxylic acids is 1. The number of ether oxygens (including phenoxy) is 1. The predicted molar refractivity (Wildman–Crippen MR) is 112 cm³/mol. The average Bonchev–Trinajstić information content (AvgIpc) is 2.69. The molecule has 1 atom stereocenters. The van der Waals surface area contributed by atoms with Crippen molar-refractivity contribution in [3.05, 3.63) is 60.2 Å². The molecule has 0 bridgehead atoms. The number of carbonyl (C=O) groups is 1. The van der Waals surface area contributed by atoms with Crippen molar-refractivity contribution in [2.45, 2.75) is 32.2 Å². The van der Waals surface area contributed by atoms with Gasteiger partial charge in [0.1, 0.15) is 11.8 Å². The van der Waals surface area contributed by atoms with Crippen LogP contribution in [-0.2, 0) is 21.2 Å². The van der Waals surface area contributed by atoms with Gasteiger partial charge in [0, 0.05) is 6.54 Å². The second kappa shape index (κ2) is 10.1. The number of methoxy groups -OCH3 is 1. The second-order valence-corrected chi connectivity index (χ2v) is 8.42. The van der Waals surface area contributed by atoms with Gasteiger partial charge in [0.25, 0.3) is 0 Å². The maximum atomic E-state index is 12.7. The molecule has 0 unspecified atom stereocenters. The summed E-state index contributed by atoms with van der Waals surface area (Å²) in [6.07, 6.45) is 3.12. The lowest BCUT2D eigenvalue weighted by atomic mass is 10.1. The first-order valence-corrected chi connectivity index (χ1v) is 11.2. The monoisotopic (exact) mass is 404 g/mol. The van der Waals surface area contributed by atoms with E-state index in [9.17, 15) is 13.2 Å². The lowest BCUT2D eigenvalue weighted by molar-refractivity contribution is -0.122. The minimum absolute atomic E-state index is 0.295. The number of sulfonamides is 1. The van der Waals surface area contributed by atoms with E-state index in [0.29, 0.717) is 24.4 Å². The molecule has 0 aromatic heterocycles. The first-order chi connectivity index (χ1) is 13.4. The summed E-state index contributed by atoms with van der Waals surface area (Å²) in [4.78, 5) is 12.7. The smallest absolute Gasteiger partial charge is 0.243 e. The molecule has 2 aromatic carbocycles. The highest BCUT2D eigenvalue weighted by molar-refractivity contribution is 7.92. The van der Waals surface area contributed by atoms with Crippen molar-refractivity contribution in [2.75, 3.05) is 24.2 Å². The molecule has 0 aliphatic carbocycles. The Morgan fingerprint density at radius 3 is 2.29 bits per heavy atom. The van der Waals surface area contributed by atoms with E-state index in [1.54, 1.807) is 38.3 Å². The number of amides is 1. The Labute approximate surface area is 167 Å². The molecule has 7 heteroatoms. The molecule has 0 radical (unpaired) electrons. The zero-order valence-corrected chi connectivity index (χ0v) is 17.4. The van der Waals surface area contributed by atoms with Crippen molar-refractivity contribution < 1.29 is 17.9 Å². The van der Waals surface area contributed by atoms with Crippen LogP contribution in [0.2, 0.25) is 0 Å². The summed E-state index contributed by atoms with van der Waals surface area (Å²) in [5, 5.41) is 2.88. The molecule has 0 fully saturated rings. The van der Waals surface area contributed by atoms with E-state index in [1.165, 1.54) is 9.87 Å². The van der Waals surface area contributed by atoms with Crippen LogP contribution in [0.25, 0.3) is 0 Å². The van der Waals surface area contributed by atoms with E-state index < -0.39 is 16.1 Å². The number of hydrogen-bond donors (Lipinski definition) is 1. The quantitative estimate of drug-likeness (QED) is 0.618. The predicted octanol–water partition coefficient (Wildman–Crippen LogP) is 2.99. The summed E-state index contributed by atoms with van der Waals surface area (Å²) in [5.74, 6) is 0.326. The molecule has 152 valence electrons. The fourth-order valence-electron chi connectivity index (χ4n) is 3.06. The van der Waals surface area contributed by atoms with Gasteiger partial charge >= 0.3 is 0 Å². The van der Waals surface area contributed by atoms with Gasteiger partial charge in [-0.2, -0.15) is 0 Å². The Hall–Kier alpha value is -2.54. The van der Waals surface area contributed by atoms with Gasteiger partial charge in [0.15, 0.2) is 0 Å².